The number of hydrogen-bond donors (Lipinski definition) is 1. The van der Waals surface area contributed by atoms with Gasteiger partial charge in [-0.05, 0) is 104 Å². The van der Waals surface area contributed by atoms with Crippen LogP contribution in [0.4, 0.5) is 4.79 Å². The van der Waals surface area contributed by atoms with Crippen molar-refractivity contribution in [3.63, 3.8) is 0 Å². The van der Waals surface area contributed by atoms with Crippen LogP contribution >= 0.6 is 0 Å². The van der Waals surface area contributed by atoms with Crippen LogP contribution in [0, 0.1) is 25.2 Å². The van der Waals surface area contributed by atoms with Crippen LogP contribution in [0.3, 0.4) is 0 Å². The molecule has 34 heavy (non-hydrogen) atoms. The van der Waals surface area contributed by atoms with E-state index < -0.39 is 0 Å². The van der Waals surface area contributed by atoms with Gasteiger partial charge in [-0.1, -0.05) is 32.0 Å². The number of nitrogens with zero attached hydrogens (tertiary/aromatic N) is 1. The summed E-state index contributed by atoms with van der Waals surface area (Å²) >= 11 is 0. The first-order chi connectivity index (χ1) is 16.2. The van der Waals surface area contributed by atoms with Crippen LogP contribution in [0.15, 0.2) is 30.3 Å². The van der Waals surface area contributed by atoms with Crippen molar-refractivity contribution in [3.8, 4) is 16.9 Å². The summed E-state index contributed by atoms with van der Waals surface area (Å²) in [6.45, 7) is 11.9. The molecular formula is C29H38N2O3. The Hall–Kier alpha value is -2.53. The quantitative estimate of drug-likeness (QED) is 0.623. The first kappa shape index (κ1) is 23.2. The van der Waals surface area contributed by atoms with Crippen LogP contribution in [0.2, 0.25) is 0 Å². The van der Waals surface area contributed by atoms with E-state index in [2.05, 4.69) is 68.2 Å². The van der Waals surface area contributed by atoms with E-state index in [0.717, 1.165) is 54.9 Å². The van der Waals surface area contributed by atoms with Crippen LogP contribution in [-0.2, 0) is 11.2 Å². The molecule has 3 aliphatic heterocycles. The summed E-state index contributed by atoms with van der Waals surface area (Å²) in [5.74, 6) is 1.54. The zero-order valence-corrected chi connectivity index (χ0v) is 21.2. The fraction of sp³-hybridized carbons (Fsp3) is 0.552. The second kappa shape index (κ2) is 8.92. The lowest BCUT2D eigenvalue weighted by molar-refractivity contribution is 0.00123. The molecule has 2 aromatic rings. The molecule has 1 amide bonds. The topological polar surface area (TPSA) is 50.8 Å². The molecule has 0 spiro atoms. The molecule has 0 saturated carbocycles. The number of alkyl carbamates (subject to hydrolysis) is 1. The number of methoxy groups -OCH3 is 1. The number of nitrogens with one attached hydrogen (secondary N) is 1. The molecule has 0 aromatic heterocycles. The van der Waals surface area contributed by atoms with Gasteiger partial charge >= 0.3 is 6.09 Å². The SMILES string of the molecule is COc1c(C)cc(-c2ccc3c(c2)CCC(C)(C)[C@H]3OC(=O)N[C@@H]2CN3CCC2CC3)cc1C. The molecule has 182 valence electrons. The lowest BCUT2D eigenvalue weighted by Crippen LogP contribution is -2.57. The van der Waals surface area contributed by atoms with E-state index in [4.69, 9.17) is 9.47 Å². The van der Waals surface area contributed by atoms with E-state index in [1.165, 1.54) is 29.5 Å². The average molecular weight is 463 g/mol. The van der Waals surface area contributed by atoms with E-state index in [-0.39, 0.29) is 23.7 Å². The normalized spacial score (nSPS) is 27.1. The van der Waals surface area contributed by atoms with Crippen LogP contribution < -0.4 is 10.1 Å². The van der Waals surface area contributed by atoms with Crippen molar-refractivity contribution in [3.05, 3.63) is 52.6 Å². The monoisotopic (exact) mass is 462 g/mol. The number of fused-ring (bicyclic) bond motifs is 4. The van der Waals surface area contributed by atoms with Crippen molar-refractivity contribution in [1.29, 1.82) is 0 Å². The van der Waals surface area contributed by atoms with Crippen LogP contribution in [0.25, 0.3) is 11.1 Å². The van der Waals surface area contributed by atoms with Crippen molar-refractivity contribution >= 4 is 6.09 Å². The van der Waals surface area contributed by atoms with Gasteiger partial charge in [-0.15, -0.1) is 0 Å². The number of hydrogen-bond acceptors (Lipinski definition) is 4. The van der Waals surface area contributed by atoms with E-state index in [1.54, 1.807) is 7.11 Å². The van der Waals surface area contributed by atoms with Crippen LogP contribution in [0.1, 0.15) is 61.5 Å². The van der Waals surface area contributed by atoms with Crippen LogP contribution in [0.5, 0.6) is 5.75 Å². The first-order valence-corrected chi connectivity index (χ1v) is 12.7. The maximum atomic E-state index is 13.0. The van der Waals surface area contributed by atoms with Gasteiger partial charge in [0, 0.05) is 18.0 Å². The Morgan fingerprint density at radius 1 is 1.06 bits per heavy atom. The highest BCUT2D eigenvalue weighted by Crippen LogP contribution is 2.47. The molecule has 2 aromatic carbocycles. The lowest BCUT2D eigenvalue weighted by atomic mass is 9.71. The number of amides is 1. The van der Waals surface area contributed by atoms with Gasteiger partial charge in [0.25, 0.3) is 0 Å². The van der Waals surface area contributed by atoms with Crippen LogP contribution in [-0.4, -0.2) is 43.8 Å². The Morgan fingerprint density at radius 2 is 1.76 bits per heavy atom. The Bertz CT molecular complexity index is 1060. The predicted molar refractivity (Wildman–Crippen MR) is 135 cm³/mol. The molecular weight excluding hydrogens is 424 g/mol. The molecule has 5 nitrogen and oxygen atoms in total. The molecule has 2 atom stereocenters. The van der Waals surface area contributed by atoms with Crippen molar-refractivity contribution < 1.29 is 14.3 Å². The van der Waals surface area contributed by atoms with E-state index >= 15 is 0 Å². The fourth-order valence-electron chi connectivity index (χ4n) is 6.35. The van der Waals surface area contributed by atoms with Gasteiger partial charge in [-0.2, -0.15) is 0 Å². The maximum Gasteiger partial charge on any atom is 0.408 e. The Labute approximate surface area is 203 Å². The highest BCUT2D eigenvalue weighted by atomic mass is 16.6. The highest BCUT2D eigenvalue weighted by molar-refractivity contribution is 5.70. The Kier molecular flexibility index (Phi) is 6.09. The standard InChI is InChI=1S/C29H38N2O3/c1-18-14-23(15-19(2)26(18)33-5)21-6-7-24-22(16-21)8-11-29(3,4)27(24)34-28(32)30-25-17-31-12-9-20(25)10-13-31/h6-7,14-16,20,25,27H,8-13,17H2,1-5H3,(H,30,32)/t25-,27+/m1/s1. The third-order valence-corrected chi connectivity index (χ3v) is 8.36. The Morgan fingerprint density at radius 3 is 2.38 bits per heavy atom. The van der Waals surface area contributed by atoms with Crippen molar-refractivity contribution in [2.75, 3.05) is 26.7 Å². The summed E-state index contributed by atoms with van der Waals surface area (Å²) < 4.78 is 11.7. The summed E-state index contributed by atoms with van der Waals surface area (Å²) in [6, 6.07) is 11.2. The molecule has 0 radical (unpaired) electrons. The van der Waals surface area contributed by atoms with Crippen molar-refractivity contribution in [2.24, 2.45) is 11.3 Å². The number of benzene rings is 2. The third kappa shape index (κ3) is 4.31. The smallest absolute Gasteiger partial charge is 0.408 e. The number of aryl methyl sites for hydroxylation is 3. The van der Waals surface area contributed by atoms with Gasteiger partial charge in [0.05, 0.1) is 7.11 Å². The number of carbonyl (C=O) groups excluding carboxylic acids is 1. The molecule has 1 N–H and O–H groups in total. The van der Waals surface area contributed by atoms with Gasteiger partial charge in [0.2, 0.25) is 0 Å². The molecule has 0 unspecified atom stereocenters. The summed E-state index contributed by atoms with van der Waals surface area (Å²) in [5, 5.41) is 3.21. The number of piperidine rings is 3. The Balaban J connectivity index is 1.37. The lowest BCUT2D eigenvalue weighted by Gasteiger charge is -2.45. The van der Waals surface area contributed by atoms with E-state index in [1.807, 2.05) is 0 Å². The van der Waals surface area contributed by atoms with Gasteiger partial charge in [-0.25, -0.2) is 4.79 Å². The number of carbonyl (C=O) groups is 1. The molecule has 5 heteroatoms. The fourth-order valence-corrected chi connectivity index (χ4v) is 6.35. The summed E-state index contributed by atoms with van der Waals surface area (Å²) in [6.07, 6.45) is 3.82. The molecule has 3 heterocycles. The third-order valence-electron chi connectivity index (χ3n) is 8.36. The molecule has 6 rings (SSSR count). The molecule has 2 bridgehead atoms. The molecule has 1 aliphatic carbocycles. The summed E-state index contributed by atoms with van der Waals surface area (Å²) in [5.41, 5.74) is 7.00. The first-order valence-electron chi connectivity index (χ1n) is 12.7. The average Bonchev–Trinajstić information content (AvgIpc) is 2.81. The second-order valence-corrected chi connectivity index (χ2v) is 11.2. The minimum Gasteiger partial charge on any atom is -0.496 e. The van der Waals surface area contributed by atoms with Crippen molar-refractivity contribution in [2.45, 2.75) is 65.5 Å². The van der Waals surface area contributed by atoms with Gasteiger partial charge in [-0.3, -0.25) is 0 Å². The van der Waals surface area contributed by atoms with E-state index in [9.17, 15) is 4.79 Å². The summed E-state index contributed by atoms with van der Waals surface area (Å²) in [4.78, 5) is 15.5. The van der Waals surface area contributed by atoms with E-state index in [0.29, 0.717) is 5.92 Å². The number of rotatable bonds is 4. The molecule has 4 aliphatic rings. The highest BCUT2D eigenvalue weighted by Gasteiger charge is 2.40. The predicted octanol–water partition coefficient (Wildman–Crippen LogP) is 5.81. The maximum absolute atomic E-state index is 13.0. The zero-order valence-electron chi connectivity index (χ0n) is 21.2. The van der Waals surface area contributed by atoms with Gasteiger partial charge in [0.1, 0.15) is 11.9 Å². The minimum atomic E-state index is -0.268. The van der Waals surface area contributed by atoms with Crippen molar-refractivity contribution in [1.82, 2.24) is 10.2 Å². The molecule has 3 saturated heterocycles. The number of ether oxygens (including phenoxy) is 2. The second-order valence-electron chi connectivity index (χ2n) is 11.2. The van der Waals surface area contributed by atoms with Gasteiger partial charge < -0.3 is 19.7 Å². The largest absolute Gasteiger partial charge is 0.496 e. The van der Waals surface area contributed by atoms with Gasteiger partial charge in [0.15, 0.2) is 0 Å². The minimum absolute atomic E-state index is 0.103. The molecule has 3 fully saturated rings. The summed E-state index contributed by atoms with van der Waals surface area (Å²) in [7, 11) is 1.72. The zero-order chi connectivity index (χ0) is 24.0.